The van der Waals surface area contributed by atoms with Gasteiger partial charge in [-0.15, -0.1) is 0 Å². The van der Waals surface area contributed by atoms with Crippen LogP contribution in [0.2, 0.25) is 0 Å². The largest absolute Gasteiger partial charge is 0.508 e. The van der Waals surface area contributed by atoms with Crippen LogP contribution in [-0.2, 0) is 0 Å². The Bertz CT molecular complexity index is 272. The average Bonchev–Trinajstić information content (AvgIpc) is 2.24. The maximum Gasteiger partial charge on any atom is 0.122 e. The Hall–Kier alpha value is -1.22. The lowest BCUT2D eigenvalue weighted by Crippen LogP contribution is -2.00. The number of aryl methyl sites for hydroxylation is 1. The zero-order valence-electron chi connectivity index (χ0n) is 9.66. The third kappa shape index (κ3) is 5.27. The van der Waals surface area contributed by atoms with Gasteiger partial charge in [0.2, 0.25) is 0 Å². The summed E-state index contributed by atoms with van der Waals surface area (Å²) in [6.45, 7) is 6.51. The van der Waals surface area contributed by atoms with Crippen molar-refractivity contribution < 1.29 is 14.9 Å². The summed E-state index contributed by atoms with van der Waals surface area (Å²) in [4.78, 5) is 0. The van der Waals surface area contributed by atoms with Gasteiger partial charge in [0.1, 0.15) is 11.5 Å². The standard InChI is InChI=1S/C10H14O3.C2H6/c1-8-7-9(12)3-4-10(8)13-6-2-5-11;1-2/h3-4,7,11-12H,2,5-6H2,1H3;1-2H3. The monoisotopic (exact) mass is 212 g/mol. The number of rotatable bonds is 4. The van der Waals surface area contributed by atoms with E-state index in [0.717, 1.165) is 11.3 Å². The number of phenolic OH excluding ortho intramolecular Hbond substituents is 1. The highest BCUT2D eigenvalue weighted by Gasteiger charge is 1.99. The van der Waals surface area contributed by atoms with Gasteiger partial charge in [0, 0.05) is 13.0 Å². The molecule has 0 unspecified atom stereocenters. The molecule has 2 N–H and O–H groups in total. The molecule has 0 spiro atoms. The van der Waals surface area contributed by atoms with E-state index in [1.165, 1.54) is 0 Å². The van der Waals surface area contributed by atoms with Crippen LogP contribution in [0.3, 0.4) is 0 Å². The van der Waals surface area contributed by atoms with Crippen molar-refractivity contribution in [3.8, 4) is 11.5 Å². The maximum atomic E-state index is 9.11. The third-order valence-corrected chi connectivity index (χ3v) is 1.72. The molecule has 0 radical (unpaired) electrons. The summed E-state index contributed by atoms with van der Waals surface area (Å²) in [5, 5.41) is 17.7. The maximum absolute atomic E-state index is 9.11. The Balaban J connectivity index is 0.000000921. The lowest BCUT2D eigenvalue weighted by molar-refractivity contribution is 0.233. The fraction of sp³-hybridized carbons (Fsp3) is 0.500. The highest BCUT2D eigenvalue weighted by Crippen LogP contribution is 2.22. The zero-order chi connectivity index (χ0) is 11.7. The first kappa shape index (κ1) is 13.8. The first-order valence-electron chi connectivity index (χ1n) is 5.27. The van der Waals surface area contributed by atoms with Crippen molar-refractivity contribution in [2.45, 2.75) is 27.2 Å². The van der Waals surface area contributed by atoms with E-state index in [4.69, 9.17) is 14.9 Å². The number of aliphatic hydroxyl groups excluding tert-OH is 1. The van der Waals surface area contributed by atoms with Gasteiger partial charge < -0.3 is 14.9 Å². The van der Waals surface area contributed by atoms with Crippen LogP contribution in [0.1, 0.15) is 25.8 Å². The van der Waals surface area contributed by atoms with Crippen molar-refractivity contribution in [2.75, 3.05) is 13.2 Å². The van der Waals surface area contributed by atoms with Gasteiger partial charge in [-0.3, -0.25) is 0 Å². The van der Waals surface area contributed by atoms with Crippen molar-refractivity contribution in [2.24, 2.45) is 0 Å². The van der Waals surface area contributed by atoms with Crippen LogP contribution >= 0.6 is 0 Å². The SMILES string of the molecule is CC.Cc1cc(O)ccc1OCCCO. The van der Waals surface area contributed by atoms with Crippen molar-refractivity contribution in [3.63, 3.8) is 0 Å². The van der Waals surface area contributed by atoms with Gasteiger partial charge in [-0.25, -0.2) is 0 Å². The Morgan fingerprint density at radius 3 is 2.47 bits per heavy atom. The first-order chi connectivity index (χ1) is 7.24. The van der Waals surface area contributed by atoms with E-state index in [2.05, 4.69) is 0 Å². The molecule has 0 saturated heterocycles. The molecule has 0 aliphatic heterocycles. The second-order valence-electron chi connectivity index (χ2n) is 2.88. The molecule has 3 nitrogen and oxygen atoms in total. The fourth-order valence-corrected chi connectivity index (χ4v) is 1.04. The molecule has 0 amide bonds. The fourth-order valence-electron chi connectivity index (χ4n) is 1.04. The molecule has 15 heavy (non-hydrogen) atoms. The molecule has 0 aliphatic rings. The number of aromatic hydroxyl groups is 1. The van der Waals surface area contributed by atoms with Crippen molar-refractivity contribution in [1.82, 2.24) is 0 Å². The van der Waals surface area contributed by atoms with Crippen LogP contribution in [-0.4, -0.2) is 23.4 Å². The normalized spacial score (nSPS) is 9.07. The molecule has 0 fully saturated rings. The summed E-state index contributed by atoms with van der Waals surface area (Å²) >= 11 is 0. The zero-order valence-corrected chi connectivity index (χ0v) is 9.66. The van der Waals surface area contributed by atoms with Crippen LogP contribution in [0, 0.1) is 6.92 Å². The van der Waals surface area contributed by atoms with Gasteiger partial charge in [0.25, 0.3) is 0 Å². The molecule has 0 aromatic heterocycles. The molecule has 0 bridgehead atoms. The van der Waals surface area contributed by atoms with E-state index in [0.29, 0.717) is 13.0 Å². The molecular formula is C12H20O3. The molecule has 1 aromatic carbocycles. The van der Waals surface area contributed by atoms with E-state index in [1.807, 2.05) is 20.8 Å². The highest BCUT2D eigenvalue weighted by atomic mass is 16.5. The Morgan fingerprint density at radius 1 is 1.27 bits per heavy atom. The van der Waals surface area contributed by atoms with Gasteiger partial charge in [0.15, 0.2) is 0 Å². The van der Waals surface area contributed by atoms with Gasteiger partial charge in [-0.05, 0) is 30.7 Å². The second kappa shape index (κ2) is 8.12. The third-order valence-electron chi connectivity index (χ3n) is 1.72. The van der Waals surface area contributed by atoms with E-state index < -0.39 is 0 Å². The molecule has 0 heterocycles. The molecule has 3 heteroatoms. The minimum atomic E-state index is 0.136. The first-order valence-corrected chi connectivity index (χ1v) is 5.27. The summed E-state index contributed by atoms with van der Waals surface area (Å²) in [6.07, 6.45) is 0.625. The Kier molecular flexibility index (Phi) is 7.46. The molecule has 0 aliphatic carbocycles. The Labute approximate surface area is 91.3 Å². The summed E-state index contributed by atoms with van der Waals surface area (Å²) < 4.78 is 5.36. The predicted molar refractivity (Wildman–Crippen MR) is 61.4 cm³/mol. The smallest absolute Gasteiger partial charge is 0.122 e. The van der Waals surface area contributed by atoms with Crippen LogP contribution in [0.4, 0.5) is 0 Å². The predicted octanol–water partition coefficient (Wildman–Crippen LogP) is 2.49. The van der Waals surface area contributed by atoms with Gasteiger partial charge >= 0.3 is 0 Å². The van der Waals surface area contributed by atoms with Gasteiger partial charge in [-0.2, -0.15) is 0 Å². The summed E-state index contributed by atoms with van der Waals surface area (Å²) in [7, 11) is 0. The summed E-state index contributed by atoms with van der Waals surface area (Å²) in [5.41, 5.74) is 0.901. The molecule has 1 rings (SSSR count). The van der Waals surface area contributed by atoms with Gasteiger partial charge in [0.05, 0.1) is 6.61 Å². The summed E-state index contributed by atoms with van der Waals surface area (Å²) in [5.74, 6) is 0.998. The highest BCUT2D eigenvalue weighted by molar-refractivity contribution is 5.38. The molecule has 86 valence electrons. The van der Waals surface area contributed by atoms with Gasteiger partial charge in [-0.1, -0.05) is 13.8 Å². The number of phenols is 1. The number of hydrogen-bond acceptors (Lipinski definition) is 3. The van der Waals surface area contributed by atoms with Crippen molar-refractivity contribution in [3.05, 3.63) is 23.8 Å². The van der Waals surface area contributed by atoms with E-state index in [9.17, 15) is 0 Å². The minimum Gasteiger partial charge on any atom is -0.508 e. The number of ether oxygens (including phenoxy) is 1. The lowest BCUT2D eigenvalue weighted by Gasteiger charge is -2.07. The summed E-state index contributed by atoms with van der Waals surface area (Å²) in [6, 6.07) is 4.96. The number of aliphatic hydroxyl groups is 1. The van der Waals surface area contributed by atoms with Crippen molar-refractivity contribution >= 4 is 0 Å². The van der Waals surface area contributed by atoms with E-state index in [1.54, 1.807) is 18.2 Å². The van der Waals surface area contributed by atoms with Crippen LogP contribution in [0.25, 0.3) is 0 Å². The average molecular weight is 212 g/mol. The Morgan fingerprint density at radius 2 is 1.93 bits per heavy atom. The molecule has 1 aromatic rings. The number of hydrogen-bond donors (Lipinski definition) is 2. The van der Waals surface area contributed by atoms with Crippen LogP contribution in [0.5, 0.6) is 11.5 Å². The minimum absolute atomic E-state index is 0.136. The van der Waals surface area contributed by atoms with Crippen LogP contribution < -0.4 is 4.74 Å². The molecular weight excluding hydrogens is 192 g/mol. The van der Waals surface area contributed by atoms with E-state index in [-0.39, 0.29) is 12.4 Å². The second-order valence-corrected chi connectivity index (χ2v) is 2.88. The quantitative estimate of drug-likeness (QED) is 0.754. The topological polar surface area (TPSA) is 49.7 Å². The lowest BCUT2D eigenvalue weighted by atomic mass is 10.2. The number of benzene rings is 1. The molecule has 0 atom stereocenters. The van der Waals surface area contributed by atoms with E-state index >= 15 is 0 Å². The van der Waals surface area contributed by atoms with Crippen molar-refractivity contribution in [1.29, 1.82) is 0 Å². The van der Waals surface area contributed by atoms with Crippen LogP contribution in [0.15, 0.2) is 18.2 Å². The molecule has 0 saturated carbocycles.